The Morgan fingerprint density at radius 3 is 2.26 bits per heavy atom. The lowest BCUT2D eigenvalue weighted by molar-refractivity contribution is -0.147. The van der Waals surface area contributed by atoms with Crippen molar-refractivity contribution in [2.24, 2.45) is 5.73 Å². The summed E-state index contributed by atoms with van der Waals surface area (Å²) in [4.78, 5) is 80.9. The fraction of sp³-hybridized carbons (Fsp3) is 0.514. The highest BCUT2D eigenvalue weighted by Gasteiger charge is 2.41. The van der Waals surface area contributed by atoms with Crippen LogP contribution in [0.5, 0.6) is 5.75 Å². The molecule has 2 aromatic carbocycles. The molecule has 0 aromatic heterocycles. The van der Waals surface area contributed by atoms with Gasteiger partial charge in [-0.1, -0.05) is 30.3 Å². The maximum atomic E-state index is 13.7. The second-order valence-electron chi connectivity index (χ2n) is 14.2. The molecule has 2 aromatic rings. The summed E-state index contributed by atoms with van der Waals surface area (Å²) in [7, 11) is 0. The number of aliphatic hydroxyl groups excluding tert-OH is 1. The molecule has 4 rings (SSSR count). The number of carbonyl (C=O) groups is 6. The summed E-state index contributed by atoms with van der Waals surface area (Å²) >= 11 is 0. The normalized spacial score (nSPS) is 17.9. The minimum atomic E-state index is -1.76. The molecule has 7 N–H and O–H groups in total. The summed E-state index contributed by atoms with van der Waals surface area (Å²) in [5, 5.41) is 22.2. The molecule has 0 spiro atoms. The number of primary amides is 1. The number of nitrogens with two attached hydrogens (primary N) is 1. The van der Waals surface area contributed by atoms with Crippen LogP contribution in [0.4, 0.5) is 5.69 Å². The molecule has 2 saturated heterocycles. The fourth-order valence-corrected chi connectivity index (χ4v) is 6.08. The lowest BCUT2D eigenvalue weighted by Gasteiger charge is -2.32. The van der Waals surface area contributed by atoms with Crippen molar-refractivity contribution in [3.8, 4) is 5.75 Å². The molecule has 0 radical (unpaired) electrons. The molecule has 4 atom stereocenters. The number of aliphatic hydroxyl groups is 1. The summed E-state index contributed by atoms with van der Waals surface area (Å²) in [6.07, 6.45) is -1.33. The van der Waals surface area contributed by atoms with Gasteiger partial charge in [-0.2, -0.15) is 0 Å². The van der Waals surface area contributed by atoms with E-state index in [1.54, 1.807) is 54.6 Å². The van der Waals surface area contributed by atoms with E-state index in [1.807, 2.05) is 25.7 Å². The van der Waals surface area contributed by atoms with Crippen molar-refractivity contribution in [2.45, 2.75) is 76.2 Å². The average molecular weight is 738 g/mol. The van der Waals surface area contributed by atoms with Crippen LogP contribution in [0.1, 0.15) is 45.6 Å². The lowest BCUT2D eigenvalue weighted by Crippen LogP contribution is -2.59. The number of nitrogens with zero attached hydrogens (tertiary/aromatic N) is 2. The average Bonchev–Trinajstić information content (AvgIpc) is 3.61. The summed E-state index contributed by atoms with van der Waals surface area (Å²) in [6, 6.07) is 11.8. The quantitative estimate of drug-likeness (QED) is 0.132. The molecule has 6 amide bonds. The Labute approximate surface area is 309 Å². The second-order valence-corrected chi connectivity index (χ2v) is 14.2. The number of amides is 6. The highest BCUT2D eigenvalue weighted by molar-refractivity contribution is 5.94. The van der Waals surface area contributed by atoms with E-state index in [4.69, 9.17) is 15.2 Å². The summed E-state index contributed by atoms with van der Waals surface area (Å²) in [5.41, 5.74) is 6.12. The van der Waals surface area contributed by atoms with Crippen molar-refractivity contribution < 1.29 is 43.3 Å². The van der Waals surface area contributed by atoms with Crippen molar-refractivity contribution in [1.29, 1.82) is 0 Å². The number of carbonyl (C=O) groups excluding carboxylic acids is 6. The Kier molecular flexibility index (Phi) is 14.7. The first kappa shape index (κ1) is 40.7. The highest BCUT2D eigenvalue weighted by atomic mass is 16.5. The van der Waals surface area contributed by atoms with Gasteiger partial charge >= 0.3 is 0 Å². The zero-order valence-corrected chi connectivity index (χ0v) is 30.5. The minimum Gasteiger partial charge on any atom is -0.484 e. The number of benzene rings is 2. The van der Waals surface area contributed by atoms with Gasteiger partial charge in [-0.05, 0) is 69.9 Å². The van der Waals surface area contributed by atoms with Crippen molar-refractivity contribution in [3.63, 3.8) is 0 Å². The van der Waals surface area contributed by atoms with E-state index in [-0.39, 0.29) is 31.3 Å². The number of nitrogens with one attached hydrogen (secondary N) is 4. The molecule has 16 nitrogen and oxygen atoms in total. The van der Waals surface area contributed by atoms with Gasteiger partial charge in [0.2, 0.25) is 23.6 Å². The molecule has 0 unspecified atom stereocenters. The van der Waals surface area contributed by atoms with Crippen LogP contribution in [0.2, 0.25) is 0 Å². The first-order valence-electron chi connectivity index (χ1n) is 17.7. The number of hydrogen-bond acceptors (Lipinski definition) is 10. The van der Waals surface area contributed by atoms with Gasteiger partial charge < -0.3 is 46.5 Å². The van der Waals surface area contributed by atoms with Crippen molar-refractivity contribution in [3.05, 3.63) is 60.2 Å². The zero-order valence-electron chi connectivity index (χ0n) is 30.5. The van der Waals surface area contributed by atoms with Gasteiger partial charge in [-0.3, -0.25) is 33.7 Å². The molecule has 0 saturated carbocycles. The molecule has 2 aliphatic heterocycles. The third kappa shape index (κ3) is 13.1. The number of morpholine rings is 1. The van der Waals surface area contributed by atoms with Crippen molar-refractivity contribution in [2.75, 3.05) is 51.3 Å². The Morgan fingerprint density at radius 1 is 0.943 bits per heavy atom. The maximum Gasteiger partial charge on any atom is 0.258 e. The molecule has 53 heavy (non-hydrogen) atoms. The van der Waals surface area contributed by atoms with Crippen molar-refractivity contribution in [1.82, 2.24) is 25.8 Å². The van der Waals surface area contributed by atoms with Gasteiger partial charge in [0.15, 0.2) is 12.7 Å². The first-order chi connectivity index (χ1) is 25.2. The van der Waals surface area contributed by atoms with E-state index in [9.17, 15) is 33.9 Å². The first-order valence-corrected chi connectivity index (χ1v) is 17.7. The van der Waals surface area contributed by atoms with E-state index in [2.05, 4.69) is 21.3 Å². The Hall–Kier alpha value is -5.06. The van der Waals surface area contributed by atoms with E-state index in [0.29, 0.717) is 56.1 Å². The van der Waals surface area contributed by atoms with Gasteiger partial charge in [0, 0.05) is 30.9 Å². The van der Waals surface area contributed by atoms with Crippen LogP contribution in [0.25, 0.3) is 0 Å². The topological polar surface area (TPSA) is 222 Å². The van der Waals surface area contributed by atoms with E-state index in [0.717, 1.165) is 0 Å². The standard InChI is InChI=1S/C37H51N7O9/c1-37(2,3)42-35(50)29-10-7-15-44(29)36(51)33(48)27(20-24-8-5-4-6-9-24)41-34(49)28(21-30(38)45)40-32(47)23-53-26-13-11-25(12-14-26)39-31(46)22-43-16-18-52-19-17-43/h4-6,8-9,11-14,27-29,33,48H,7,10,15-23H2,1-3H3,(H2,38,45)(H,39,46)(H,40,47)(H,41,49)(H,42,50)/t27-,28-,29-,33-/m0/s1. The van der Waals surface area contributed by atoms with Crippen LogP contribution in [0.3, 0.4) is 0 Å². The lowest BCUT2D eigenvalue weighted by atomic mass is 9.99. The summed E-state index contributed by atoms with van der Waals surface area (Å²) in [5.74, 6) is -3.41. The number of anilines is 1. The zero-order chi connectivity index (χ0) is 38.5. The summed E-state index contributed by atoms with van der Waals surface area (Å²) < 4.78 is 10.9. The Bertz CT molecular complexity index is 1580. The van der Waals surface area contributed by atoms with Gasteiger partial charge in [0.05, 0.1) is 32.2 Å². The van der Waals surface area contributed by atoms with E-state index < -0.39 is 66.4 Å². The van der Waals surface area contributed by atoms with Crippen LogP contribution < -0.4 is 31.7 Å². The Morgan fingerprint density at radius 2 is 1.62 bits per heavy atom. The number of ether oxygens (including phenoxy) is 2. The third-order valence-electron chi connectivity index (χ3n) is 8.63. The van der Waals surface area contributed by atoms with Crippen molar-refractivity contribution >= 4 is 41.1 Å². The van der Waals surface area contributed by atoms with Gasteiger partial charge in [0.1, 0.15) is 17.8 Å². The SMILES string of the molecule is CC(C)(C)NC(=O)[C@@H]1CCCN1C(=O)[C@@H](O)[C@H](Cc1ccccc1)NC(=O)[C@H](CC(N)=O)NC(=O)COc1ccc(NC(=O)CN2CCOCC2)cc1. The summed E-state index contributed by atoms with van der Waals surface area (Å²) in [6.45, 7) is 7.97. The number of rotatable bonds is 16. The second kappa shape index (κ2) is 19.1. The van der Waals surface area contributed by atoms with Gasteiger partial charge in [-0.25, -0.2) is 0 Å². The fourth-order valence-electron chi connectivity index (χ4n) is 6.08. The predicted octanol–water partition coefficient (Wildman–Crippen LogP) is -0.310. The molecule has 2 fully saturated rings. The largest absolute Gasteiger partial charge is 0.484 e. The molecule has 16 heteroatoms. The monoisotopic (exact) mass is 737 g/mol. The minimum absolute atomic E-state index is 0.0240. The molecule has 2 aliphatic rings. The maximum absolute atomic E-state index is 13.7. The Balaban J connectivity index is 1.37. The number of likely N-dealkylation sites (tertiary alicyclic amines) is 1. The smallest absolute Gasteiger partial charge is 0.258 e. The molecule has 2 heterocycles. The molecular formula is C37H51N7O9. The van der Waals surface area contributed by atoms with Gasteiger partial charge in [0.25, 0.3) is 11.8 Å². The molecular weight excluding hydrogens is 686 g/mol. The van der Waals surface area contributed by atoms with Crippen LogP contribution in [0, 0.1) is 0 Å². The molecule has 0 bridgehead atoms. The van der Waals surface area contributed by atoms with Gasteiger partial charge in [-0.15, -0.1) is 0 Å². The van der Waals surface area contributed by atoms with Crippen LogP contribution in [0.15, 0.2) is 54.6 Å². The van der Waals surface area contributed by atoms with E-state index >= 15 is 0 Å². The van der Waals surface area contributed by atoms with E-state index in [1.165, 1.54) is 4.90 Å². The molecule has 0 aliphatic carbocycles. The highest BCUT2D eigenvalue weighted by Crippen LogP contribution is 2.21. The third-order valence-corrected chi connectivity index (χ3v) is 8.63. The van der Waals surface area contributed by atoms with Crippen LogP contribution in [-0.2, 0) is 39.9 Å². The predicted molar refractivity (Wildman–Crippen MR) is 194 cm³/mol. The van der Waals surface area contributed by atoms with Crippen LogP contribution >= 0.6 is 0 Å². The van der Waals surface area contributed by atoms with Crippen LogP contribution in [-0.4, -0.2) is 126 Å². The number of hydrogen-bond donors (Lipinski definition) is 6. The molecule has 288 valence electrons.